The Bertz CT molecular complexity index is 796. The van der Waals surface area contributed by atoms with Crippen molar-refractivity contribution in [1.29, 1.82) is 0 Å². The van der Waals surface area contributed by atoms with Crippen molar-refractivity contribution < 1.29 is 9.47 Å². The van der Waals surface area contributed by atoms with Crippen molar-refractivity contribution in [2.75, 3.05) is 7.11 Å². The molecule has 0 saturated carbocycles. The average Bonchev–Trinajstić information content (AvgIpc) is 2.97. The normalized spacial score (nSPS) is 16.1. The first kappa shape index (κ1) is 12.9. The number of ether oxygens (including phenoxy) is 2. The fourth-order valence-corrected chi connectivity index (χ4v) is 2.81. The number of aromatic nitrogens is 3. The standard InChI is InChI=1S/C17H15N3O2/c1-21-14-8-6-12(7-9-14)17-15-4-2-3-5-16(15)22-11-13-10-18-19-20(13)17/h2-10,17H,11H2,1H3. The van der Waals surface area contributed by atoms with Gasteiger partial charge in [-0.1, -0.05) is 35.5 Å². The van der Waals surface area contributed by atoms with Crippen molar-refractivity contribution in [2.24, 2.45) is 0 Å². The molecule has 1 aliphatic heterocycles. The Kier molecular flexibility index (Phi) is 3.04. The van der Waals surface area contributed by atoms with Crippen molar-refractivity contribution in [1.82, 2.24) is 15.0 Å². The summed E-state index contributed by atoms with van der Waals surface area (Å²) < 4.78 is 13.1. The molecular formula is C17H15N3O2. The summed E-state index contributed by atoms with van der Waals surface area (Å²) in [4.78, 5) is 0. The summed E-state index contributed by atoms with van der Waals surface area (Å²) in [5.74, 6) is 1.72. The molecule has 1 atom stereocenters. The van der Waals surface area contributed by atoms with E-state index in [0.29, 0.717) is 6.61 Å². The number of para-hydroxylation sites is 1. The molecule has 1 aromatic heterocycles. The zero-order chi connectivity index (χ0) is 14.9. The topological polar surface area (TPSA) is 49.2 Å². The Morgan fingerprint density at radius 2 is 1.95 bits per heavy atom. The summed E-state index contributed by atoms with van der Waals surface area (Å²) in [5, 5.41) is 8.31. The van der Waals surface area contributed by atoms with Gasteiger partial charge in [0.2, 0.25) is 0 Å². The van der Waals surface area contributed by atoms with Gasteiger partial charge in [-0.2, -0.15) is 0 Å². The number of fused-ring (bicyclic) bond motifs is 2. The largest absolute Gasteiger partial charge is 0.497 e. The lowest BCUT2D eigenvalue weighted by molar-refractivity contribution is 0.301. The molecule has 0 amide bonds. The number of benzene rings is 2. The van der Waals surface area contributed by atoms with Gasteiger partial charge in [0, 0.05) is 5.56 Å². The van der Waals surface area contributed by atoms with Gasteiger partial charge in [0.1, 0.15) is 24.1 Å². The second-order valence-corrected chi connectivity index (χ2v) is 5.17. The SMILES string of the molecule is COc1ccc(C2c3ccccc3OCc3cnnn32)cc1. The lowest BCUT2D eigenvalue weighted by atomic mass is 9.98. The van der Waals surface area contributed by atoms with Gasteiger partial charge < -0.3 is 9.47 Å². The van der Waals surface area contributed by atoms with Crippen LogP contribution in [0.3, 0.4) is 0 Å². The van der Waals surface area contributed by atoms with Crippen LogP contribution in [0.25, 0.3) is 0 Å². The summed E-state index contributed by atoms with van der Waals surface area (Å²) in [7, 11) is 1.67. The van der Waals surface area contributed by atoms with E-state index in [4.69, 9.17) is 9.47 Å². The maximum Gasteiger partial charge on any atom is 0.132 e. The molecule has 2 aromatic carbocycles. The molecule has 5 nitrogen and oxygen atoms in total. The third-order valence-electron chi connectivity index (χ3n) is 3.91. The van der Waals surface area contributed by atoms with Crippen molar-refractivity contribution >= 4 is 0 Å². The lowest BCUT2D eigenvalue weighted by Gasteiger charge is -2.19. The number of rotatable bonds is 2. The van der Waals surface area contributed by atoms with E-state index in [1.807, 2.05) is 35.0 Å². The lowest BCUT2D eigenvalue weighted by Crippen LogP contribution is -2.15. The fraction of sp³-hybridized carbons (Fsp3) is 0.176. The van der Waals surface area contributed by atoms with Gasteiger partial charge in [-0.05, 0) is 23.8 Å². The minimum Gasteiger partial charge on any atom is -0.497 e. The summed E-state index contributed by atoms with van der Waals surface area (Å²) in [6.45, 7) is 0.469. The Labute approximate surface area is 128 Å². The van der Waals surface area contributed by atoms with E-state index in [1.165, 1.54) is 0 Å². The highest BCUT2D eigenvalue weighted by atomic mass is 16.5. The van der Waals surface area contributed by atoms with Crippen molar-refractivity contribution in [2.45, 2.75) is 12.6 Å². The predicted octanol–water partition coefficient (Wildman–Crippen LogP) is 2.82. The van der Waals surface area contributed by atoms with Gasteiger partial charge in [0.25, 0.3) is 0 Å². The highest BCUT2D eigenvalue weighted by Gasteiger charge is 2.26. The van der Waals surface area contributed by atoms with Gasteiger partial charge in [-0.3, -0.25) is 0 Å². The second-order valence-electron chi connectivity index (χ2n) is 5.17. The van der Waals surface area contributed by atoms with E-state index in [1.54, 1.807) is 13.3 Å². The van der Waals surface area contributed by atoms with Crippen LogP contribution in [0.1, 0.15) is 22.9 Å². The Morgan fingerprint density at radius 3 is 2.77 bits per heavy atom. The molecule has 5 heteroatoms. The highest BCUT2D eigenvalue weighted by Crippen LogP contribution is 2.36. The predicted molar refractivity (Wildman–Crippen MR) is 81.0 cm³/mol. The molecule has 0 N–H and O–H groups in total. The third-order valence-corrected chi connectivity index (χ3v) is 3.91. The molecule has 0 bridgehead atoms. The van der Waals surface area contributed by atoms with E-state index in [2.05, 4.69) is 28.5 Å². The minimum atomic E-state index is -0.0536. The molecule has 1 aliphatic rings. The molecule has 0 radical (unpaired) electrons. The summed E-state index contributed by atoms with van der Waals surface area (Å²) in [6, 6.07) is 16.0. The number of nitrogens with zero attached hydrogens (tertiary/aromatic N) is 3. The van der Waals surface area contributed by atoms with E-state index in [9.17, 15) is 0 Å². The Balaban J connectivity index is 1.90. The molecular weight excluding hydrogens is 278 g/mol. The Morgan fingerprint density at radius 1 is 1.14 bits per heavy atom. The minimum absolute atomic E-state index is 0.0536. The molecule has 1 unspecified atom stereocenters. The summed E-state index contributed by atoms with van der Waals surface area (Å²) in [6.07, 6.45) is 1.75. The molecule has 0 aliphatic carbocycles. The van der Waals surface area contributed by atoms with Gasteiger partial charge in [0.05, 0.1) is 19.0 Å². The van der Waals surface area contributed by atoms with Crippen molar-refractivity contribution in [3.63, 3.8) is 0 Å². The van der Waals surface area contributed by atoms with Crippen LogP contribution < -0.4 is 9.47 Å². The maximum atomic E-state index is 5.90. The zero-order valence-corrected chi connectivity index (χ0v) is 12.1. The first-order chi connectivity index (χ1) is 10.9. The van der Waals surface area contributed by atoms with E-state index in [0.717, 1.165) is 28.3 Å². The van der Waals surface area contributed by atoms with E-state index < -0.39 is 0 Å². The monoisotopic (exact) mass is 293 g/mol. The highest BCUT2D eigenvalue weighted by molar-refractivity contribution is 5.44. The van der Waals surface area contributed by atoms with Crippen LogP contribution in [0.15, 0.2) is 54.7 Å². The van der Waals surface area contributed by atoms with Crippen LogP contribution in [0, 0.1) is 0 Å². The molecule has 4 rings (SSSR count). The van der Waals surface area contributed by atoms with Crippen LogP contribution in [0.4, 0.5) is 0 Å². The van der Waals surface area contributed by atoms with E-state index in [-0.39, 0.29) is 6.04 Å². The quantitative estimate of drug-likeness (QED) is 0.729. The maximum absolute atomic E-state index is 5.90. The molecule has 22 heavy (non-hydrogen) atoms. The number of hydrogen-bond acceptors (Lipinski definition) is 4. The first-order valence-electron chi connectivity index (χ1n) is 7.11. The summed E-state index contributed by atoms with van der Waals surface area (Å²) in [5.41, 5.74) is 3.15. The third kappa shape index (κ3) is 2.02. The van der Waals surface area contributed by atoms with E-state index >= 15 is 0 Å². The van der Waals surface area contributed by atoms with Gasteiger partial charge >= 0.3 is 0 Å². The second kappa shape index (κ2) is 5.18. The Hall–Kier alpha value is -2.82. The van der Waals surface area contributed by atoms with Crippen molar-refractivity contribution in [3.8, 4) is 11.5 Å². The van der Waals surface area contributed by atoms with Crippen LogP contribution in [0.2, 0.25) is 0 Å². The molecule has 110 valence electrons. The van der Waals surface area contributed by atoms with Crippen LogP contribution >= 0.6 is 0 Å². The zero-order valence-electron chi connectivity index (χ0n) is 12.1. The first-order valence-corrected chi connectivity index (χ1v) is 7.11. The molecule has 2 heterocycles. The van der Waals surface area contributed by atoms with Gasteiger partial charge in [0.15, 0.2) is 0 Å². The van der Waals surface area contributed by atoms with Crippen molar-refractivity contribution in [3.05, 3.63) is 71.5 Å². The van der Waals surface area contributed by atoms with Crippen LogP contribution in [0.5, 0.6) is 11.5 Å². The van der Waals surface area contributed by atoms with Gasteiger partial charge in [-0.15, -0.1) is 5.10 Å². The molecule has 0 spiro atoms. The number of methoxy groups -OCH3 is 1. The molecule has 0 fully saturated rings. The van der Waals surface area contributed by atoms with Gasteiger partial charge in [-0.25, -0.2) is 4.68 Å². The summed E-state index contributed by atoms with van der Waals surface area (Å²) >= 11 is 0. The van der Waals surface area contributed by atoms with Crippen LogP contribution in [-0.4, -0.2) is 22.1 Å². The molecule has 0 saturated heterocycles. The molecule has 3 aromatic rings. The fourth-order valence-electron chi connectivity index (χ4n) is 2.81. The number of hydrogen-bond donors (Lipinski definition) is 0. The smallest absolute Gasteiger partial charge is 0.132 e. The van der Waals surface area contributed by atoms with Crippen LogP contribution in [-0.2, 0) is 6.61 Å². The average molecular weight is 293 g/mol.